The number of aromatic amines is 1. The van der Waals surface area contributed by atoms with Crippen LogP contribution in [-0.4, -0.2) is 69.6 Å². The molecule has 4 atom stereocenters. The first-order valence-corrected chi connectivity index (χ1v) is 14.3. The number of phenolic OH excluding ortho intramolecular Hbond substituents is 1. The molecule has 11 nitrogen and oxygen atoms in total. The molecule has 0 radical (unpaired) electrons. The van der Waals surface area contributed by atoms with E-state index in [4.69, 9.17) is 0 Å². The van der Waals surface area contributed by atoms with Crippen molar-refractivity contribution in [2.24, 2.45) is 5.92 Å². The Bertz CT molecular complexity index is 1400. The van der Waals surface area contributed by atoms with E-state index in [1.807, 2.05) is 44.3 Å². The number of benzene rings is 2. The van der Waals surface area contributed by atoms with Crippen LogP contribution in [0.25, 0.3) is 10.9 Å². The van der Waals surface area contributed by atoms with Gasteiger partial charge in [-0.25, -0.2) is 4.79 Å². The fraction of sp³-hybridized carbons (Fsp3) is 0.419. The summed E-state index contributed by atoms with van der Waals surface area (Å²) in [5.74, 6) is -2.61. The molecule has 3 aromatic rings. The number of aromatic nitrogens is 1. The molecule has 42 heavy (non-hydrogen) atoms. The molecule has 224 valence electrons. The van der Waals surface area contributed by atoms with Crippen LogP contribution in [0.4, 0.5) is 0 Å². The maximum absolute atomic E-state index is 13.7. The summed E-state index contributed by atoms with van der Waals surface area (Å²) in [6, 6.07) is 10.1. The molecule has 0 spiro atoms. The fourth-order valence-corrected chi connectivity index (χ4v) is 5.23. The highest BCUT2D eigenvalue weighted by molar-refractivity contribution is 5.95. The van der Waals surface area contributed by atoms with Crippen molar-refractivity contribution in [3.63, 3.8) is 0 Å². The number of hydrogen-bond acceptors (Lipinski definition) is 6. The number of phenols is 1. The van der Waals surface area contributed by atoms with Crippen LogP contribution in [0.5, 0.6) is 5.75 Å². The van der Waals surface area contributed by atoms with Gasteiger partial charge in [0.05, 0.1) is 6.04 Å². The standard InChI is InChI=1S/C31H39N5O6/c1-18(2)14-25(29(39)36-27(31(41)42)15-19-9-11-21(37)12-10-19)34-30(40)26(35-28(38)24-8-5-13-32-24)16-20-17-33-23-7-4-3-6-22(20)23/h3-4,6-7,9-12,17-18,24-27,32-33,37H,5,8,13-16H2,1-2H3,(H,34,40)(H,35,38)(H,36,39)(H,41,42). The number of carboxylic acid groups (broad SMARTS) is 1. The lowest BCUT2D eigenvalue weighted by atomic mass is 9.99. The molecule has 1 aromatic heterocycles. The summed E-state index contributed by atoms with van der Waals surface area (Å²) in [5, 5.41) is 31.6. The predicted octanol–water partition coefficient (Wildman–Crippen LogP) is 2.00. The molecule has 0 aliphatic carbocycles. The number of carbonyl (C=O) groups is 4. The summed E-state index contributed by atoms with van der Waals surface area (Å²) in [5.41, 5.74) is 2.36. The lowest BCUT2D eigenvalue weighted by Crippen LogP contribution is -2.58. The van der Waals surface area contributed by atoms with Gasteiger partial charge in [-0.05, 0) is 61.1 Å². The fourth-order valence-electron chi connectivity index (χ4n) is 5.23. The predicted molar refractivity (Wildman–Crippen MR) is 158 cm³/mol. The molecule has 7 N–H and O–H groups in total. The molecule has 1 fully saturated rings. The van der Waals surface area contributed by atoms with Gasteiger partial charge in [-0.3, -0.25) is 14.4 Å². The SMILES string of the molecule is CC(C)CC(NC(=O)C(Cc1c[nH]c2ccccc12)NC(=O)C1CCCN1)C(=O)NC(Cc1ccc(O)cc1)C(=O)O. The Labute approximate surface area is 244 Å². The molecule has 2 heterocycles. The average Bonchev–Trinajstić information content (AvgIpc) is 3.63. The molecule has 11 heteroatoms. The van der Waals surface area contributed by atoms with Crippen molar-refractivity contribution in [3.8, 4) is 5.75 Å². The Morgan fingerprint density at radius 1 is 0.905 bits per heavy atom. The first-order valence-electron chi connectivity index (χ1n) is 14.3. The monoisotopic (exact) mass is 577 g/mol. The second-order valence-electron chi connectivity index (χ2n) is 11.2. The minimum atomic E-state index is -1.25. The van der Waals surface area contributed by atoms with E-state index in [-0.39, 0.29) is 36.8 Å². The smallest absolute Gasteiger partial charge is 0.326 e. The van der Waals surface area contributed by atoms with Gasteiger partial charge in [0.15, 0.2) is 0 Å². The first-order chi connectivity index (χ1) is 20.1. The summed E-state index contributed by atoms with van der Waals surface area (Å²) < 4.78 is 0. The largest absolute Gasteiger partial charge is 0.508 e. The van der Waals surface area contributed by atoms with Crippen LogP contribution in [0.15, 0.2) is 54.7 Å². The number of nitrogens with one attached hydrogen (secondary N) is 5. The Hall–Kier alpha value is -4.38. The lowest BCUT2D eigenvalue weighted by molar-refractivity contribution is -0.142. The summed E-state index contributed by atoms with van der Waals surface area (Å²) in [6.07, 6.45) is 3.80. The van der Waals surface area contributed by atoms with Crippen LogP contribution < -0.4 is 21.3 Å². The van der Waals surface area contributed by atoms with Crippen LogP contribution in [0.3, 0.4) is 0 Å². The molecule has 2 aromatic carbocycles. The van der Waals surface area contributed by atoms with Crippen LogP contribution in [0.2, 0.25) is 0 Å². The van der Waals surface area contributed by atoms with Crippen LogP contribution in [-0.2, 0) is 32.0 Å². The molecule has 0 saturated carbocycles. The number of carbonyl (C=O) groups excluding carboxylic acids is 3. The van der Waals surface area contributed by atoms with E-state index in [0.717, 1.165) is 29.4 Å². The van der Waals surface area contributed by atoms with Crippen LogP contribution >= 0.6 is 0 Å². The molecule has 3 amide bonds. The highest BCUT2D eigenvalue weighted by Crippen LogP contribution is 2.20. The van der Waals surface area contributed by atoms with Crippen molar-refractivity contribution in [2.75, 3.05) is 6.54 Å². The number of fused-ring (bicyclic) bond motifs is 1. The number of rotatable bonds is 13. The normalized spacial score (nSPS) is 17.0. The van der Waals surface area contributed by atoms with Gasteiger partial charge in [0.1, 0.15) is 23.9 Å². The van der Waals surface area contributed by atoms with Crippen molar-refractivity contribution in [3.05, 3.63) is 65.9 Å². The third-order valence-corrected chi connectivity index (χ3v) is 7.44. The Kier molecular flexibility index (Phi) is 10.2. The van der Waals surface area contributed by atoms with Crippen LogP contribution in [0, 0.1) is 5.92 Å². The third-order valence-electron chi connectivity index (χ3n) is 7.44. The topological polar surface area (TPSA) is 173 Å². The molecular weight excluding hydrogens is 538 g/mol. The molecule has 4 rings (SSSR count). The third kappa shape index (κ3) is 8.10. The molecule has 1 aliphatic heterocycles. The maximum atomic E-state index is 13.7. The summed E-state index contributed by atoms with van der Waals surface area (Å²) >= 11 is 0. The molecule has 1 saturated heterocycles. The minimum absolute atomic E-state index is 0.00265. The number of H-pyrrole nitrogens is 1. The summed E-state index contributed by atoms with van der Waals surface area (Å²) in [6.45, 7) is 4.52. The number of aliphatic carboxylic acids is 1. The highest BCUT2D eigenvalue weighted by atomic mass is 16.4. The van der Waals surface area contributed by atoms with Gasteiger partial charge in [-0.2, -0.15) is 0 Å². The van der Waals surface area contributed by atoms with Gasteiger partial charge in [0.2, 0.25) is 17.7 Å². The van der Waals surface area contributed by atoms with Gasteiger partial charge >= 0.3 is 5.97 Å². The van der Waals surface area contributed by atoms with Gasteiger partial charge in [-0.15, -0.1) is 0 Å². The minimum Gasteiger partial charge on any atom is -0.508 e. The zero-order valence-electron chi connectivity index (χ0n) is 23.9. The average molecular weight is 578 g/mol. The number of carboxylic acids is 1. The molecule has 0 bridgehead atoms. The number of hydrogen-bond donors (Lipinski definition) is 7. The molecule has 4 unspecified atom stereocenters. The van der Waals surface area contributed by atoms with Gasteiger partial charge < -0.3 is 36.5 Å². The van der Waals surface area contributed by atoms with E-state index >= 15 is 0 Å². The van der Waals surface area contributed by atoms with Crippen LogP contribution in [0.1, 0.15) is 44.2 Å². The second kappa shape index (κ2) is 14.0. The van der Waals surface area contributed by atoms with Crippen molar-refractivity contribution >= 4 is 34.6 Å². The first kappa shape index (κ1) is 30.6. The molecule has 1 aliphatic rings. The number of amides is 3. The quantitative estimate of drug-likeness (QED) is 0.163. The number of aromatic hydroxyl groups is 1. The Morgan fingerprint density at radius 2 is 1.60 bits per heavy atom. The van der Waals surface area contributed by atoms with Crippen molar-refractivity contribution in [2.45, 2.75) is 70.1 Å². The second-order valence-corrected chi connectivity index (χ2v) is 11.2. The summed E-state index contributed by atoms with van der Waals surface area (Å²) in [7, 11) is 0. The van der Waals surface area contributed by atoms with Crippen molar-refractivity contribution in [1.29, 1.82) is 0 Å². The Morgan fingerprint density at radius 3 is 2.26 bits per heavy atom. The van der Waals surface area contributed by atoms with E-state index in [0.29, 0.717) is 12.0 Å². The van der Waals surface area contributed by atoms with E-state index in [9.17, 15) is 29.4 Å². The molecular formula is C31H39N5O6. The number of para-hydroxylation sites is 1. The van der Waals surface area contributed by atoms with Crippen molar-refractivity contribution in [1.82, 2.24) is 26.3 Å². The van der Waals surface area contributed by atoms with Gasteiger partial charge in [-0.1, -0.05) is 44.2 Å². The lowest BCUT2D eigenvalue weighted by Gasteiger charge is -2.26. The highest BCUT2D eigenvalue weighted by Gasteiger charge is 2.32. The maximum Gasteiger partial charge on any atom is 0.326 e. The van der Waals surface area contributed by atoms with Crippen molar-refractivity contribution < 1.29 is 29.4 Å². The van der Waals surface area contributed by atoms with Gasteiger partial charge in [0.25, 0.3) is 0 Å². The zero-order chi connectivity index (χ0) is 30.2. The van der Waals surface area contributed by atoms with E-state index in [1.165, 1.54) is 12.1 Å². The van der Waals surface area contributed by atoms with E-state index in [2.05, 4.69) is 26.3 Å². The van der Waals surface area contributed by atoms with E-state index < -0.39 is 42.0 Å². The van der Waals surface area contributed by atoms with E-state index in [1.54, 1.807) is 12.1 Å². The zero-order valence-corrected chi connectivity index (χ0v) is 23.9. The Balaban J connectivity index is 1.52. The van der Waals surface area contributed by atoms with Gasteiger partial charge in [0, 0.05) is 29.9 Å². The summed E-state index contributed by atoms with van der Waals surface area (Å²) in [4.78, 5) is 55.3.